The van der Waals surface area contributed by atoms with Gasteiger partial charge < -0.3 is 14.6 Å². The summed E-state index contributed by atoms with van der Waals surface area (Å²) in [7, 11) is 0. The van der Waals surface area contributed by atoms with E-state index in [4.69, 9.17) is 4.42 Å². The first kappa shape index (κ1) is 17.7. The minimum absolute atomic E-state index is 0.0303. The highest BCUT2D eigenvalue weighted by atomic mass is 16.4. The standard InChI is InChI=1S/C21H22N6O2/c1-14(19-25-24-18-8-4-5-11-27(18)19)22-20(28)15-9-12-26(13-10-15)21-23-16-6-2-3-7-17(16)29-21/h2-8,11,14-15H,9-10,12-13H2,1H3,(H,22,28). The molecule has 29 heavy (non-hydrogen) atoms. The smallest absolute Gasteiger partial charge is 0.298 e. The number of aromatic nitrogens is 4. The number of fused-ring (bicyclic) bond motifs is 2. The van der Waals surface area contributed by atoms with Crippen LogP contribution in [0.5, 0.6) is 0 Å². The largest absolute Gasteiger partial charge is 0.423 e. The molecule has 4 heterocycles. The molecule has 1 atom stereocenters. The Morgan fingerprint density at radius 2 is 1.93 bits per heavy atom. The summed E-state index contributed by atoms with van der Waals surface area (Å²) in [5, 5.41) is 11.5. The number of carbonyl (C=O) groups is 1. The maximum atomic E-state index is 12.8. The molecule has 4 aromatic rings. The van der Waals surface area contributed by atoms with Crippen LogP contribution in [0.3, 0.4) is 0 Å². The van der Waals surface area contributed by atoms with Crippen molar-refractivity contribution in [2.45, 2.75) is 25.8 Å². The van der Waals surface area contributed by atoms with Crippen LogP contribution in [-0.4, -0.2) is 38.6 Å². The van der Waals surface area contributed by atoms with Crippen LogP contribution >= 0.6 is 0 Å². The molecule has 1 aliphatic heterocycles. The van der Waals surface area contributed by atoms with Crippen LogP contribution in [0, 0.1) is 5.92 Å². The van der Waals surface area contributed by atoms with Crippen molar-refractivity contribution >= 4 is 28.7 Å². The number of hydrogen-bond donors (Lipinski definition) is 1. The predicted octanol–water partition coefficient (Wildman–Crippen LogP) is 2.96. The molecule has 1 unspecified atom stereocenters. The molecule has 1 amide bonds. The molecule has 0 saturated carbocycles. The first-order valence-corrected chi connectivity index (χ1v) is 9.89. The van der Waals surface area contributed by atoms with E-state index >= 15 is 0 Å². The number of benzene rings is 1. The van der Waals surface area contributed by atoms with Gasteiger partial charge in [-0.3, -0.25) is 9.20 Å². The van der Waals surface area contributed by atoms with Crippen LogP contribution < -0.4 is 10.2 Å². The van der Waals surface area contributed by atoms with E-state index in [9.17, 15) is 4.79 Å². The van der Waals surface area contributed by atoms with Gasteiger partial charge >= 0.3 is 0 Å². The molecule has 8 heteroatoms. The molecular formula is C21H22N6O2. The van der Waals surface area contributed by atoms with Gasteiger partial charge in [-0.2, -0.15) is 4.98 Å². The number of oxazole rings is 1. The van der Waals surface area contributed by atoms with Crippen LogP contribution in [0.2, 0.25) is 0 Å². The zero-order valence-corrected chi connectivity index (χ0v) is 16.2. The second-order valence-electron chi connectivity index (χ2n) is 7.44. The van der Waals surface area contributed by atoms with Crippen molar-refractivity contribution in [3.8, 4) is 0 Å². The molecular weight excluding hydrogens is 368 g/mol. The van der Waals surface area contributed by atoms with Crippen molar-refractivity contribution in [2.75, 3.05) is 18.0 Å². The van der Waals surface area contributed by atoms with Gasteiger partial charge in [-0.15, -0.1) is 10.2 Å². The van der Waals surface area contributed by atoms with Crippen LogP contribution in [-0.2, 0) is 4.79 Å². The molecule has 1 saturated heterocycles. The van der Waals surface area contributed by atoms with E-state index in [1.165, 1.54) is 0 Å². The van der Waals surface area contributed by atoms with E-state index in [0.29, 0.717) is 6.01 Å². The molecule has 1 N–H and O–H groups in total. The van der Waals surface area contributed by atoms with Crippen LogP contribution in [0.15, 0.2) is 53.1 Å². The van der Waals surface area contributed by atoms with E-state index in [0.717, 1.165) is 48.5 Å². The zero-order valence-electron chi connectivity index (χ0n) is 16.2. The highest BCUT2D eigenvalue weighted by Gasteiger charge is 2.28. The van der Waals surface area contributed by atoms with E-state index in [1.54, 1.807) is 0 Å². The second-order valence-corrected chi connectivity index (χ2v) is 7.44. The maximum Gasteiger partial charge on any atom is 0.298 e. The molecule has 3 aromatic heterocycles. The molecule has 1 aromatic carbocycles. The number of rotatable bonds is 4. The van der Waals surface area contributed by atoms with Gasteiger partial charge in [0.05, 0.1) is 6.04 Å². The van der Waals surface area contributed by atoms with Gasteiger partial charge in [-0.25, -0.2) is 0 Å². The van der Waals surface area contributed by atoms with Gasteiger partial charge in [0.25, 0.3) is 6.01 Å². The quantitative estimate of drug-likeness (QED) is 0.576. The number of para-hydroxylation sites is 2. The Bertz CT molecular complexity index is 1130. The maximum absolute atomic E-state index is 12.8. The molecule has 0 bridgehead atoms. The highest BCUT2D eigenvalue weighted by Crippen LogP contribution is 2.26. The predicted molar refractivity (Wildman–Crippen MR) is 108 cm³/mol. The average Bonchev–Trinajstić information content (AvgIpc) is 3.38. The lowest BCUT2D eigenvalue weighted by atomic mass is 9.96. The first-order chi connectivity index (χ1) is 14.2. The van der Waals surface area contributed by atoms with Crippen LogP contribution in [0.25, 0.3) is 16.7 Å². The Morgan fingerprint density at radius 1 is 1.14 bits per heavy atom. The number of nitrogens with zero attached hydrogens (tertiary/aromatic N) is 5. The van der Waals surface area contributed by atoms with Crippen molar-refractivity contribution in [3.05, 3.63) is 54.5 Å². The average molecular weight is 390 g/mol. The molecule has 0 aliphatic carbocycles. The second kappa shape index (κ2) is 7.20. The van der Waals surface area contributed by atoms with Crippen molar-refractivity contribution in [1.82, 2.24) is 24.9 Å². The first-order valence-electron chi connectivity index (χ1n) is 9.89. The Labute approximate surface area is 167 Å². The monoisotopic (exact) mass is 390 g/mol. The Balaban J connectivity index is 1.22. The van der Waals surface area contributed by atoms with Gasteiger partial charge in [0.2, 0.25) is 5.91 Å². The van der Waals surface area contributed by atoms with Crippen molar-refractivity contribution in [1.29, 1.82) is 0 Å². The van der Waals surface area contributed by atoms with Gasteiger partial charge in [0.15, 0.2) is 17.1 Å². The van der Waals surface area contributed by atoms with Gasteiger partial charge in [-0.1, -0.05) is 18.2 Å². The fraction of sp³-hybridized carbons (Fsp3) is 0.333. The number of piperidine rings is 1. The molecule has 5 rings (SSSR count). The normalized spacial score (nSPS) is 16.4. The molecule has 1 aliphatic rings. The number of nitrogens with one attached hydrogen (secondary N) is 1. The minimum Gasteiger partial charge on any atom is -0.423 e. The third-order valence-corrected chi connectivity index (χ3v) is 5.51. The summed E-state index contributed by atoms with van der Waals surface area (Å²) in [6.45, 7) is 3.43. The summed E-state index contributed by atoms with van der Waals surface area (Å²) < 4.78 is 7.76. The fourth-order valence-corrected chi connectivity index (χ4v) is 3.88. The number of hydrogen-bond acceptors (Lipinski definition) is 6. The van der Waals surface area contributed by atoms with Crippen molar-refractivity contribution < 1.29 is 9.21 Å². The minimum atomic E-state index is -0.213. The number of pyridine rings is 1. The van der Waals surface area contributed by atoms with E-state index in [-0.39, 0.29) is 17.9 Å². The Kier molecular flexibility index (Phi) is 4.38. The summed E-state index contributed by atoms with van der Waals surface area (Å²) in [4.78, 5) is 19.5. The third kappa shape index (κ3) is 3.30. The molecule has 8 nitrogen and oxygen atoms in total. The van der Waals surface area contributed by atoms with Crippen molar-refractivity contribution in [3.63, 3.8) is 0 Å². The summed E-state index contributed by atoms with van der Waals surface area (Å²) in [6, 6.07) is 13.9. The SMILES string of the molecule is CC(NC(=O)C1CCN(c2nc3ccccc3o2)CC1)c1nnc2ccccn12. The summed E-state index contributed by atoms with van der Waals surface area (Å²) in [5.74, 6) is 0.762. The fourth-order valence-electron chi connectivity index (χ4n) is 3.88. The van der Waals surface area contributed by atoms with Gasteiger partial charge in [0, 0.05) is 25.2 Å². The van der Waals surface area contributed by atoms with Crippen molar-refractivity contribution in [2.24, 2.45) is 5.92 Å². The van der Waals surface area contributed by atoms with Gasteiger partial charge in [0.1, 0.15) is 5.52 Å². The Morgan fingerprint density at radius 3 is 2.76 bits per heavy atom. The molecule has 148 valence electrons. The number of carbonyl (C=O) groups excluding carboxylic acids is 1. The third-order valence-electron chi connectivity index (χ3n) is 5.51. The number of amides is 1. The molecule has 1 fully saturated rings. The van der Waals surface area contributed by atoms with Crippen LogP contribution in [0.4, 0.5) is 6.01 Å². The topological polar surface area (TPSA) is 88.6 Å². The Hall–Kier alpha value is -3.42. The summed E-state index contributed by atoms with van der Waals surface area (Å²) in [5.41, 5.74) is 2.42. The number of anilines is 1. The lowest BCUT2D eigenvalue weighted by Gasteiger charge is -2.30. The summed E-state index contributed by atoms with van der Waals surface area (Å²) >= 11 is 0. The lowest BCUT2D eigenvalue weighted by Crippen LogP contribution is -2.41. The summed E-state index contributed by atoms with van der Waals surface area (Å²) in [6.07, 6.45) is 3.43. The van der Waals surface area contributed by atoms with E-state index in [1.807, 2.05) is 60.0 Å². The van der Waals surface area contributed by atoms with E-state index < -0.39 is 0 Å². The molecule has 0 spiro atoms. The highest BCUT2D eigenvalue weighted by molar-refractivity contribution is 5.79. The van der Waals surface area contributed by atoms with Gasteiger partial charge in [-0.05, 0) is 44.0 Å². The van der Waals surface area contributed by atoms with Crippen LogP contribution in [0.1, 0.15) is 31.6 Å². The zero-order chi connectivity index (χ0) is 19.8. The lowest BCUT2D eigenvalue weighted by molar-refractivity contribution is -0.126. The molecule has 0 radical (unpaired) electrons. The van der Waals surface area contributed by atoms with E-state index in [2.05, 4.69) is 25.4 Å².